The van der Waals surface area contributed by atoms with Gasteiger partial charge in [-0.3, -0.25) is 0 Å². The van der Waals surface area contributed by atoms with Crippen molar-refractivity contribution in [2.45, 2.75) is 19.8 Å². The molecule has 0 bridgehead atoms. The zero-order valence-electron chi connectivity index (χ0n) is 13.6. The van der Waals surface area contributed by atoms with Crippen molar-refractivity contribution in [2.75, 3.05) is 5.32 Å². The van der Waals surface area contributed by atoms with Crippen molar-refractivity contribution in [3.63, 3.8) is 0 Å². The summed E-state index contributed by atoms with van der Waals surface area (Å²) < 4.78 is 28.4. The van der Waals surface area contributed by atoms with E-state index in [0.717, 1.165) is 5.56 Å². The Morgan fingerprint density at radius 1 is 0.917 bits per heavy atom. The lowest BCUT2D eigenvalue weighted by Crippen LogP contribution is -2.02. The summed E-state index contributed by atoms with van der Waals surface area (Å²) in [6.07, 6.45) is 1.64. The van der Waals surface area contributed by atoms with Crippen molar-refractivity contribution in [3.8, 4) is 11.1 Å². The summed E-state index contributed by atoms with van der Waals surface area (Å²) in [5.41, 5.74) is 2.38. The predicted octanol–water partition coefficient (Wildman–Crippen LogP) is 5.89. The zero-order valence-corrected chi connectivity index (χ0v) is 13.6. The Hall–Kier alpha value is -2.75. The lowest BCUT2D eigenvalue weighted by atomic mass is 9.95. The fourth-order valence-electron chi connectivity index (χ4n) is 2.57. The average Bonchev–Trinajstić information content (AvgIpc) is 2.57. The Kier molecular flexibility index (Phi) is 4.56. The number of halogens is 2. The molecule has 1 N–H and O–H groups in total. The van der Waals surface area contributed by atoms with Crippen molar-refractivity contribution < 1.29 is 8.78 Å². The van der Waals surface area contributed by atoms with Crippen LogP contribution in [-0.2, 0) is 0 Å². The molecule has 3 aromatic rings. The average molecular weight is 324 g/mol. The van der Waals surface area contributed by atoms with Gasteiger partial charge in [0, 0.05) is 6.20 Å². The highest BCUT2D eigenvalue weighted by Crippen LogP contribution is 2.33. The molecule has 0 radical (unpaired) electrons. The Balaban J connectivity index is 2.10. The Labute approximate surface area is 140 Å². The third-order valence-corrected chi connectivity index (χ3v) is 3.81. The largest absolute Gasteiger partial charge is 0.338 e. The van der Waals surface area contributed by atoms with Gasteiger partial charge in [0.05, 0.1) is 5.69 Å². The smallest absolute Gasteiger partial charge is 0.150 e. The lowest BCUT2D eigenvalue weighted by molar-refractivity contribution is 0.602. The van der Waals surface area contributed by atoms with Gasteiger partial charge in [0.1, 0.15) is 17.5 Å². The van der Waals surface area contributed by atoms with Crippen molar-refractivity contribution in [1.29, 1.82) is 0 Å². The second kappa shape index (κ2) is 6.79. The highest BCUT2D eigenvalue weighted by atomic mass is 19.1. The van der Waals surface area contributed by atoms with Gasteiger partial charge in [-0.25, -0.2) is 13.8 Å². The Bertz CT molecular complexity index is 846. The van der Waals surface area contributed by atoms with Gasteiger partial charge >= 0.3 is 0 Å². The topological polar surface area (TPSA) is 24.9 Å². The fraction of sp³-hybridized carbons (Fsp3) is 0.150. The molecular weight excluding hydrogens is 306 g/mol. The first-order valence-electron chi connectivity index (χ1n) is 7.82. The van der Waals surface area contributed by atoms with Gasteiger partial charge in [0.15, 0.2) is 0 Å². The third kappa shape index (κ3) is 3.43. The summed E-state index contributed by atoms with van der Waals surface area (Å²) in [5.74, 6) is -0.0664. The number of pyridine rings is 1. The maximum Gasteiger partial charge on any atom is 0.150 e. The first-order valence-corrected chi connectivity index (χ1v) is 7.82. The summed E-state index contributed by atoms with van der Waals surface area (Å²) >= 11 is 0. The van der Waals surface area contributed by atoms with E-state index in [1.165, 1.54) is 12.1 Å². The molecule has 1 aromatic heterocycles. The number of nitrogens with zero attached hydrogens (tertiary/aromatic N) is 1. The van der Waals surface area contributed by atoms with E-state index in [4.69, 9.17) is 0 Å². The van der Waals surface area contributed by atoms with Crippen LogP contribution < -0.4 is 5.32 Å². The van der Waals surface area contributed by atoms with Crippen LogP contribution in [0.1, 0.15) is 25.3 Å². The van der Waals surface area contributed by atoms with Crippen molar-refractivity contribution in [1.82, 2.24) is 4.98 Å². The van der Waals surface area contributed by atoms with Gasteiger partial charge in [0.2, 0.25) is 0 Å². The molecule has 0 unspecified atom stereocenters. The van der Waals surface area contributed by atoms with Gasteiger partial charge in [-0.15, -0.1) is 0 Å². The molecule has 1 heterocycles. The van der Waals surface area contributed by atoms with Crippen LogP contribution in [0.25, 0.3) is 11.1 Å². The van der Waals surface area contributed by atoms with E-state index >= 15 is 0 Å². The molecule has 2 aromatic carbocycles. The Morgan fingerprint density at radius 2 is 1.75 bits per heavy atom. The number of benzene rings is 2. The monoisotopic (exact) mass is 324 g/mol. The van der Waals surface area contributed by atoms with E-state index in [1.54, 1.807) is 36.5 Å². The summed E-state index contributed by atoms with van der Waals surface area (Å²) in [6, 6.07) is 15.1. The minimum Gasteiger partial charge on any atom is -0.338 e. The van der Waals surface area contributed by atoms with Crippen molar-refractivity contribution in [2.24, 2.45) is 0 Å². The SMILES string of the molecule is CC(C)c1cc(-c2cccc(F)c2)cc(Nc2ccccn2)c1F. The third-order valence-electron chi connectivity index (χ3n) is 3.81. The first-order chi connectivity index (χ1) is 11.5. The minimum atomic E-state index is -0.317. The van der Waals surface area contributed by atoms with Gasteiger partial charge < -0.3 is 5.32 Å². The zero-order chi connectivity index (χ0) is 17.1. The predicted molar refractivity (Wildman–Crippen MR) is 93.4 cm³/mol. The normalized spacial score (nSPS) is 10.9. The summed E-state index contributed by atoms with van der Waals surface area (Å²) in [5, 5.41) is 3.01. The molecular formula is C20H18F2N2. The van der Waals surface area contributed by atoms with Gasteiger partial charge in [-0.05, 0) is 59.0 Å². The summed E-state index contributed by atoms with van der Waals surface area (Å²) in [4.78, 5) is 4.17. The molecule has 0 saturated heterocycles. The maximum atomic E-state index is 14.8. The molecule has 3 rings (SSSR count). The number of hydrogen-bond donors (Lipinski definition) is 1. The summed E-state index contributed by atoms with van der Waals surface area (Å²) in [7, 11) is 0. The van der Waals surface area contributed by atoms with E-state index in [9.17, 15) is 8.78 Å². The van der Waals surface area contributed by atoms with Crippen LogP contribution in [0.15, 0.2) is 60.8 Å². The van der Waals surface area contributed by atoms with Crippen LogP contribution in [0.5, 0.6) is 0 Å². The molecule has 0 saturated carbocycles. The van der Waals surface area contributed by atoms with Crippen LogP contribution in [0.3, 0.4) is 0 Å². The van der Waals surface area contributed by atoms with Crippen LogP contribution in [0.2, 0.25) is 0 Å². The molecule has 0 spiro atoms. The standard InChI is InChI=1S/C20H18F2N2/c1-13(2)17-11-15(14-6-5-7-16(21)10-14)12-18(20(17)22)24-19-8-3-4-9-23-19/h3-13H,1-2H3,(H,23,24). The first kappa shape index (κ1) is 16.1. The molecule has 0 aliphatic rings. The molecule has 0 amide bonds. The number of hydrogen-bond acceptors (Lipinski definition) is 2. The van der Waals surface area contributed by atoms with Crippen LogP contribution >= 0.6 is 0 Å². The second-order valence-corrected chi connectivity index (χ2v) is 5.93. The van der Waals surface area contributed by atoms with Crippen LogP contribution in [0.4, 0.5) is 20.3 Å². The molecule has 4 heteroatoms. The highest BCUT2D eigenvalue weighted by molar-refractivity contribution is 5.72. The van der Waals surface area contributed by atoms with Gasteiger partial charge in [-0.2, -0.15) is 0 Å². The van der Waals surface area contributed by atoms with Gasteiger partial charge in [-0.1, -0.05) is 32.0 Å². The lowest BCUT2D eigenvalue weighted by Gasteiger charge is -2.15. The van der Waals surface area contributed by atoms with E-state index in [0.29, 0.717) is 22.6 Å². The number of rotatable bonds is 4. The van der Waals surface area contributed by atoms with Gasteiger partial charge in [0.25, 0.3) is 0 Å². The van der Waals surface area contributed by atoms with Crippen LogP contribution in [-0.4, -0.2) is 4.98 Å². The van der Waals surface area contributed by atoms with E-state index < -0.39 is 0 Å². The molecule has 24 heavy (non-hydrogen) atoms. The molecule has 0 fully saturated rings. The highest BCUT2D eigenvalue weighted by Gasteiger charge is 2.15. The van der Waals surface area contributed by atoms with Crippen LogP contribution in [0, 0.1) is 11.6 Å². The Morgan fingerprint density at radius 3 is 2.42 bits per heavy atom. The number of nitrogens with one attached hydrogen (secondary N) is 1. The molecule has 0 aliphatic heterocycles. The maximum absolute atomic E-state index is 14.8. The van der Waals surface area contributed by atoms with E-state index in [2.05, 4.69) is 10.3 Å². The molecule has 0 atom stereocenters. The second-order valence-electron chi connectivity index (χ2n) is 5.93. The molecule has 0 aliphatic carbocycles. The van der Waals surface area contributed by atoms with Crippen molar-refractivity contribution >= 4 is 11.5 Å². The van der Waals surface area contributed by atoms with Crippen molar-refractivity contribution in [3.05, 3.63) is 78.0 Å². The fourth-order valence-corrected chi connectivity index (χ4v) is 2.57. The van der Waals surface area contributed by atoms with E-state index in [-0.39, 0.29) is 17.6 Å². The summed E-state index contributed by atoms with van der Waals surface area (Å²) in [6.45, 7) is 3.86. The number of aromatic nitrogens is 1. The molecule has 2 nitrogen and oxygen atoms in total. The molecule has 122 valence electrons. The number of anilines is 2. The minimum absolute atomic E-state index is 0.00258. The quantitative estimate of drug-likeness (QED) is 0.647. The van der Waals surface area contributed by atoms with E-state index in [1.807, 2.05) is 26.0 Å².